The molecule has 1 heterocycles. The lowest BCUT2D eigenvalue weighted by atomic mass is 10.0. The molecule has 80 heavy (non-hydrogen) atoms. The number of ether oxygens (including phenoxy) is 4. The SMILES string of the molecule is COC(=O)C(NC(=O)CCP(=O)(O)CN1CCN(CP(=O)(O)CCC(=O)NC(C(=O)OC)C(C)C)CCN(CP(=O)(O)CCC(=O)N[C@@H](C(=O)OC)C(C)C)CCN(CP(=O)(O)CCC(=O)N[C@@H](C(=O)OC)C(C)C)CC1)C(C)C. The highest BCUT2D eigenvalue weighted by Crippen LogP contribution is 2.45. The van der Waals surface area contributed by atoms with E-state index in [4.69, 9.17) is 18.9 Å². The summed E-state index contributed by atoms with van der Waals surface area (Å²) < 4.78 is 75.0. The molecule has 6 unspecified atom stereocenters. The van der Waals surface area contributed by atoms with Gasteiger partial charge in [0.2, 0.25) is 53.1 Å². The number of amides is 4. The van der Waals surface area contributed by atoms with Crippen LogP contribution >= 0.6 is 29.5 Å². The molecule has 0 bridgehead atoms. The van der Waals surface area contributed by atoms with Crippen molar-refractivity contribution in [3.8, 4) is 0 Å². The molecule has 32 heteroatoms. The van der Waals surface area contributed by atoms with Gasteiger partial charge < -0.3 is 59.8 Å². The van der Waals surface area contributed by atoms with Crippen LogP contribution in [0, 0.1) is 23.7 Å². The number of carbonyl (C=O) groups is 8. The number of esters is 4. The summed E-state index contributed by atoms with van der Waals surface area (Å²) in [6.07, 6.45) is -6.06. The molecule has 0 saturated carbocycles. The average Bonchev–Trinajstić information content (AvgIpc) is 3.37. The van der Waals surface area contributed by atoms with Crippen molar-refractivity contribution < 1.29 is 95.1 Å². The molecule has 0 radical (unpaired) electrons. The standard InChI is InChI=1S/C48H92N8O20P4/c1-33(2)41(45(61)73-9)49-37(57)13-25-77(65,66)29-53-17-19-54(30-78(67,68)26-14-38(58)50-42(34(3)4)46(62)74-10)21-23-56(32-80(71,72)28-16-40(60)52-44(36(7)8)48(64)76-12)24-22-55(20-18-53)31-79(69,70)27-15-39(59)51-43(35(5)6)47(63)75-11/h33-36,41-44H,13-32H2,1-12H3,(H,49,57)(H,50,58)(H,51,59)(H,52,60)(H,65,66)(H,67,68)(H,69,70)(H,71,72)/t41-,42-,43?,44?/m1/s1. The van der Waals surface area contributed by atoms with Gasteiger partial charge in [0.15, 0.2) is 0 Å². The maximum Gasteiger partial charge on any atom is 0.328 e. The van der Waals surface area contributed by atoms with Crippen molar-refractivity contribution in [2.45, 2.75) is 105 Å². The number of nitrogens with zero attached hydrogens (tertiary/aromatic N) is 4. The van der Waals surface area contributed by atoms with E-state index < -0.39 is 177 Å². The first-order valence-corrected chi connectivity index (χ1v) is 34.7. The Morgan fingerprint density at radius 1 is 0.350 bits per heavy atom. The Bertz CT molecular complexity index is 1940. The van der Waals surface area contributed by atoms with E-state index >= 15 is 0 Å². The molecule has 8 N–H and O–H groups in total. The van der Waals surface area contributed by atoms with Crippen LogP contribution in [-0.2, 0) is 75.6 Å². The molecule has 0 aromatic carbocycles. The van der Waals surface area contributed by atoms with E-state index in [1.54, 1.807) is 75.0 Å². The molecule has 0 aromatic rings. The Hall–Kier alpha value is -3.64. The van der Waals surface area contributed by atoms with Crippen molar-refractivity contribution in [2.75, 3.05) is 131 Å². The molecule has 0 aromatic heterocycles. The fourth-order valence-corrected chi connectivity index (χ4v) is 14.7. The average molecular weight is 1230 g/mol. The molecule has 1 saturated heterocycles. The van der Waals surface area contributed by atoms with Gasteiger partial charge in [0.05, 0.1) is 53.6 Å². The van der Waals surface area contributed by atoms with E-state index in [-0.39, 0.29) is 76.0 Å². The summed E-state index contributed by atoms with van der Waals surface area (Å²) in [4.78, 5) is 153. The Balaban J connectivity index is 3.72. The largest absolute Gasteiger partial charge is 0.467 e. The topological polar surface area (TPSA) is 384 Å². The number of nitrogens with one attached hydrogen (secondary N) is 4. The molecular weight excluding hydrogens is 1130 g/mol. The molecule has 0 aliphatic carbocycles. The third kappa shape index (κ3) is 29.6. The Morgan fingerprint density at radius 3 is 0.625 bits per heavy atom. The van der Waals surface area contributed by atoms with Crippen LogP contribution in [0.4, 0.5) is 0 Å². The summed E-state index contributed by atoms with van der Waals surface area (Å²) >= 11 is 0. The summed E-state index contributed by atoms with van der Waals surface area (Å²) in [5, 5.41) is 10.1. The lowest BCUT2D eigenvalue weighted by Crippen LogP contribution is -2.47. The Kier molecular flexibility index (Phi) is 33.0. The lowest BCUT2D eigenvalue weighted by molar-refractivity contribution is -0.146. The van der Waals surface area contributed by atoms with E-state index in [1.165, 1.54) is 0 Å². The maximum atomic E-state index is 14.0. The molecule has 0 spiro atoms. The number of carbonyl (C=O) groups excluding carboxylic acids is 8. The third-order valence-electron chi connectivity index (χ3n) is 13.1. The monoisotopic (exact) mass is 1220 g/mol. The predicted octanol–water partition coefficient (Wildman–Crippen LogP) is 0.935. The summed E-state index contributed by atoms with van der Waals surface area (Å²) in [5.74, 6) is -7.08. The molecule has 28 nitrogen and oxygen atoms in total. The molecular formula is C48H92N8O20P4. The van der Waals surface area contributed by atoms with Gasteiger partial charge in [-0.1, -0.05) is 55.4 Å². The van der Waals surface area contributed by atoms with Crippen molar-refractivity contribution in [1.29, 1.82) is 0 Å². The molecule has 4 amide bonds. The first-order valence-electron chi connectivity index (χ1n) is 26.6. The van der Waals surface area contributed by atoms with Crippen molar-refractivity contribution in [3.05, 3.63) is 0 Å². The highest BCUT2D eigenvalue weighted by Gasteiger charge is 2.35. The zero-order valence-corrected chi connectivity index (χ0v) is 52.2. The third-order valence-corrected chi connectivity index (χ3v) is 20.2. The van der Waals surface area contributed by atoms with Gasteiger partial charge in [0.25, 0.3) is 0 Å². The summed E-state index contributed by atoms with van der Waals surface area (Å²) in [5.41, 5.74) is 0. The van der Waals surface area contributed by atoms with Crippen molar-refractivity contribution in [1.82, 2.24) is 40.9 Å². The van der Waals surface area contributed by atoms with Gasteiger partial charge in [0, 0.05) is 103 Å². The lowest BCUT2D eigenvalue weighted by Gasteiger charge is -2.36. The minimum Gasteiger partial charge on any atom is -0.467 e. The fourth-order valence-electron chi connectivity index (χ4n) is 8.26. The second-order valence-electron chi connectivity index (χ2n) is 21.6. The second kappa shape index (κ2) is 35.5. The molecule has 1 fully saturated rings. The molecule has 1 aliphatic rings. The number of methoxy groups -OCH3 is 4. The van der Waals surface area contributed by atoms with Crippen LogP contribution in [0.2, 0.25) is 0 Å². The summed E-state index contributed by atoms with van der Waals surface area (Å²) in [6.45, 7) is 12.8. The Morgan fingerprint density at radius 2 is 0.500 bits per heavy atom. The van der Waals surface area contributed by atoms with Gasteiger partial charge in [-0.15, -0.1) is 0 Å². The van der Waals surface area contributed by atoms with Crippen LogP contribution in [0.5, 0.6) is 0 Å². The van der Waals surface area contributed by atoms with E-state index in [2.05, 4.69) is 21.3 Å². The van der Waals surface area contributed by atoms with Gasteiger partial charge in [-0.3, -0.25) is 57.0 Å². The highest BCUT2D eigenvalue weighted by atomic mass is 31.2. The van der Waals surface area contributed by atoms with Crippen LogP contribution in [0.1, 0.15) is 81.1 Å². The van der Waals surface area contributed by atoms with Gasteiger partial charge in [-0.05, 0) is 23.7 Å². The van der Waals surface area contributed by atoms with Gasteiger partial charge in [0.1, 0.15) is 24.2 Å². The first-order chi connectivity index (χ1) is 37.0. The zero-order valence-electron chi connectivity index (χ0n) is 48.7. The van der Waals surface area contributed by atoms with Crippen molar-refractivity contribution in [3.63, 3.8) is 0 Å². The smallest absolute Gasteiger partial charge is 0.328 e. The number of hydrogen-bond acceptors (Lipinski definition) is 20. The van der Waals surface area contributed by atoms with Crippen LogP contribution in [0.15, 0.2) is 0 Å². The minimum absolute atomic E-state index is 0.0806. The maximum absolute atomic E-state index is 14.0. The summed E-state index contributed by atoms with van der Waals surface area (Å²) in [7, 11) is -12.4. The minimum atomic E-state index is -4.25. The zero-order chi connectivity index (χ0) is 61.3. The predicted molar refractivity (Wildman–Crippen MR) is 298 cm³/mol. The van der Waals surface area contributed by atoms with E-state index in [0.29, 0.717) is 0 Å². The highest BCUT2D eigenvalue weighted by molar-refractivity contribution is 7.58. The molecule has 1 rings (SSSR count). The van der Waals surface area contributed by atoms with Crippen LogP contribution in [-0.4, -0.2) is 241 Å². The number of rotatable bonds is 32. The quantitative estimate of drug-likeness (QED) is 0.0264. The normalized spacial score (nSPS) is 19.2. The Labute approximate surface area is 471 Å². The van der Waals surface area contributed by atoms with Crippen molar-refractivity contribution >= 4 is 77.0 Å². The van der Waals surface area contributed by atoms with Crippen molar-refractivity contribution in [2.24, 2.45) is 23.7 Å². The van der Waals surface area contributed by atoms with Gasteiger partial charge in [-0.25, -0.2) is 19.2 Å². The fraction of sp³-hybridized carbons (Fsp3) is 0.833. The number of hydrogen-bond donors (Lipinski definition) is 8. The van der Waals surface area contributed by atoms with E-state index in [0.717, 1.165) is 28.4 Å². The van der Waals surface area contributed by atoms with E-state index in [9.17, 15) is 76.2 Å². The molecule has 8 atom stereocenters. The molecule has 1 aliphatic heterocycles. The van der Waals surface area contributed by atoms with Crippen LogP contribution < -0.4 is 21.3 Å². The second-order valence-corrected chi connectivity index (χ2v) is 31.3. The summed E-state index contributed by atoms with van der Waals surface area (Å²) in [6, 6.07) is -4.10. The van der Waals surface area contributed by atoms with Crippen LogP contribution in [0.3, 0.4) is 0 Å². The van der Waals surface area contributed by atoms with Gasteiger partial charge in [-0.2, -0.15) is 0 Å². The van der Waals surface area contributed by atoms with Gasteiger partial charge >= 0.3 is 23.9 Å². The first kappa shape index (κ1) is 74.4. The molecule has 464 valence electrons. The van der Waals surface area contributed by atoms with Crippen LogP contribution in [0.25, 0.3) is 0 Å². The van der Waals surface area contributed by atoms with E-state index in [1.807, 2.05) is 0 Å².